The van der Waals surface area contributed by atoms with Crippen molar-refractivity contribution in [2.75, 3.05) is 13.2 Å². The van der Waals surface area contributed by atoms with Crippen LogP contribution in [0.1, 0.15) is 27.2 Å². The van der Waals surface area contributed by atoms with Gasteiger partial charge in [-0.3, -0.25) is 0 Å². The van der Waals surface area contributed by atoms with Crippen molar-refractivity contribution in [2.24, 2.45) is 5.92 Å². The predicted octanol–water partition coefficient (Wildman–Crippen LogP) is 0.885. The number of aliphatic hydroxyl groups is 1. The highest BCUT2D eigenvalue weighted by atomic mass is 16.5. The van der Waals surface area contributed by atoms with Crippen LogP contribution >= 0.6 is 0 Å². The van der Waals surface area contributed by atoms with E-state index in [0.29, 0.717) is 6.42 Å². The van der Waals surface area contributed by atoms with Crippen LogP contribution in [0, 0.1) is 5.92 Å². The van der Waals surface area contributed by atoms with Crippen LogP contribution in [0.5, 0.6) is 0 Å². The molecule has 78 valence electrons. The van der Waals surface area contributed by atoms with Crippen LogP contribution in [0.3, 0.4) is 0 Å². The Morgan fingerprint density at radius 3 is 2.31 bits per heavy atom. The lowest BCUT2D eigenvalue weighted by Gasteiger charge is -2.32. The zero-order chi connectivity index (χ0) is 10.5. The Labute approximate surface area is 78.5 Å². The molecule has 0 bridgehead atoms. The third kappa shape index (κ3) is 2.67. The van der Waals surface area contributed by atoms with Gasteiger partial charge in [0.15, 0.2) is 5.60 Å². The van der Waals surface area contributed by atoms with Crippen molar-refractivity contribution in [3.63, 3.8) is 0 Å². The van der Waals surface area contributed by atoms with Crippen molar-refractivity contribution < 1.29 is 19.7 Å². The smallest absolute Gasteiger partial charge is 0.336 e. The summed E-state index contributed by atoms with van der Waals surface area (Å²) >= 11 is 0. The number of rotatable bonds is 6. The molecule has 0 radical (unpaired) electrons. The fourth-order valence-corrected chi connectivity index (χ4v) is 1.36. The van der Waals surface area contributed by atoms with Crippen LogP contribution in [0.25, 0.3) is 0 Å². The third-order valence-electron chi connectivity index (χ3n) is 2.27. The number of carboxylic acid groups (broad SMARTS) is 1. The van der Waals surface area contributed by atoms with Gasteiger partial charge in [-0.1, -0.05) is 20.8 Å². The largest absolute Gasteiger partial charge is 0.479 e. The Bertz CT molecular complexity index is 167. The molecule has 0 spiro atoms. The molecule has 0 aromatic rings. The molecule has 1 unspecified atom stereocenters. The second-order valence-corrected chi connectivity index (χ2v) is 3.27. The molecule has 0 aromatic carbocycles. The van der Waals surface area contributed by atoms with Crippen molar-refractivity contribution in [1.82, 2.24) is 0 Å². The van der Waals surface area contributed by atoms with Crippen LogP contribution in [-0.2, 0) is 9.53 Å². The molecule has 0 rings (SSSR count). The lowest BCUT2D eigenvalue weighted by molar-refractivity contribution is -0.175. The summed E-state index contributed by atoms with van der Waals surface area (Å²) in [6, 6.07) is 0. The Morgan fingerprint density at radius 2 is 2.08 bits per heavy atom. The average molecular weight is 190 g/mol. The summed E-state index contributed by atoms with van der Waals surface area (Å²) in [5.41, 5.74) is -1.15. The standard InChI is InChI=1S/C9H18O4/c1-4-9(7(2)3,8(11)12)13-6-5-10/h7,10H,4-6H2,1-3H3,(H,11,12). The Hall–Kier alpha value is -0.610. The van der Waals surface area contributed by atoms with Gasteiger partial charge in [0.05, 0.1) is 13.2 Å². The Balaban J connectivity index is 4.55. The Kier molecular flexibility index (Phi) is 4.95. The summed E-state index contributed by atoms with van der Waals surface area (Å²) in [5.74, 6) is -1.07. The number of aliphatic carboxylic acids is 1. The van der Waals surface area contributed by atoms with Gasteiger partial charge >= 0.3 is 5.97 Å². The van der Waals surface area contributed by atoms with E-state index in [1.807, 2.05) is 0 Å². The molecule has 4 nitrogen and oxygen atoms in total. The lowest BCUT2D eigenvalue weighted by atomic mass is 9.87. The average Bonchev–Trinajstić information content (AvgIpc) is 2.05. The summed E-state index contributed by atoms with van der Waals surface area (Å²) in [5, 5.41) is 17.6. The molecule has 0 fully saturated rings. The van der Waals surface area contributed by atoms with E-state index in [1.165, 1.54) is 0 Å². The van der Waals surface area contributed by atoms with Crippen molar-refractivity contribution in [3.8, 4) is 0 Å². The molecule has 0 saturated carbocycles. The minimum Gasteiger partial charge on any atom is -0.479 e. The van der Waals surface area contributed by atoms with E-state index in [2.05, 4.69) is 0 Å². The monoisotopic (exact) mass is 190 g/mol. The van der Waals surface area contributed by atoms with E-state index in [4.69, 9.17) is 14.9 Å². The fraction of sp³-hybridized carbons (Fsp3) is 0.889. The fourth-order valence-electron chi connectivity index (χ4n) is 1.36. The van der Waals surface area contributed by atoms with Crippen LogP contribution in [0.15, 0.2) is 0 Å². The molecule has 0 aromatic heterocycles. The van der Waals surface area contributed by atoms with Gasteiger partial charge in [-0.25, -0.2) is 4.79 Å². The van der Waals surface area contributed by atoms with E-state index < -0.39 is 11.6 Å². The molecule has 13 heavy (non-hydrogen) atoms. The van der Waals surface area contributed by atoms with Crippen LogP contribution in [0.2, 0.25) is 0 Å². The predicted molar refractivity (Wildman–Crippen MR) is 48.5 cm³/mol. The molecule has 0 saturated heterocycles. The maximum absolute atomic E-state index is 11.0. The quantitative estimate of drug-likeness (QED) is 0.652. The van der Waals surface area contributed by atoms with E-state index in [9.17, 15) is 4.79 Å². The molecule has 0 amide bonds. The maximum Gasteiger partial charge on any atom is 0.336 e. The minimum absolute atomic E-state index is 0.0678. The molecule has 0 heterocycles. The highest BCUT2D eigenvalue weighted by Crippen LogP contribution is 2.26. The number of hydrogen-bond acceptors (Lipinski definition) is 3. The van der Waals surface area contributed by atoms with Gasteiger partial charge in [0.25, 0.3) is 0 Å². The van der Waals surface area contributed by atoms with Crippen molar-refractivity contribution in [2.45, 2.75) is 32.8 Å². The molecule has 1 atom stereocenters. The van der Waals surface area contributed by atoms with Gasteiger partial charge in [0.2, 0.25) is 0 Å². The first-order valence-corrected chi connectivity index (χ1v) is 4.49. The number of hydrogen-bond donors (Lipinski definition) is 2. The zero-order valence-electron chi connectivity index (χ0n) is 8.41. The zero-order valence-corrected chi connectivity index (χ0v) is 8.41. The van der Waals surface area contributed by atoms with Gasteiger partial charge in [-0.2, -0.15) is 0 Å². The van der Waals surface area contributed by atoms with E-state index in [-0.39, 0.29) is 19.1 Å². The highest BCUT2D eigenvalue weighted by molar-refractivity contribution is 5.77. The molecular formula is C9H18O4. The van der Waals surface area contributed by atoms with E-state index in [1.54, 1.807) is 20.8 Å². The van der Waals surface area contributed by atoms with Crippen LogP contribution in [-0.4, -0.2) is 35.0 Å². The first kappa shape index (κ1) is 12.4. The summed E-state index contributed by atoms with van der Waals surface area (Å²) < 4.78 is 5.20. The topological polar surface area (TPSA) is 66.8 Å². The first-order chi connectivity index (χ1) is 6.01. The number of carbonyl (C=O) groups is 1. The highest BCUT2D eigenvalue weighted by Gasteiger charge is 2.40. The molecular weight excluding hydrogens is 172 g/mol. The van der Waals surface area contributed by atoms with Crippen molar-refractivity contribution >= 4 is 5.97 Å². The summed E-state index contributed by atoms with van der Waals surface area (Å²) in [7, 11) is 0. The lowest BCUT2D eigenvalue weighted by Crippen LogP contribution is -2.46. The van der Waals surface area contributed by atoms with Crippen molar-refractivity contribution in [1.29, 1.82) is 0 Å². The molecule has 0 aliphatic carbocycles. The normalized spacial score (nSPS) is 15.8. The van der Waals surface area contributed by atoms with Gasteiger partial charge in [-0.15, -0.1) is 0 Å². The molecule has 0 aliphatic rings. The van der Waals surface area contributed by atoms with Gasteiger partial charge in [0, 0.05) is 0 Å². The second-order valence-electron chi connectivity index (χ2n) is 3.27. The Morgan fingerprint density at radius 1 is 1.54 bits per heavy atom. The number of aliphatic hydroxyl groups excluding tert-OH is 1. The van der Waals surface area contributed by atoms with Gasteiger partial charge in [-0.05, 0) is 12.3 Å². The van der Waals surface area contributed by atoms with Crippen molar-refractivity contribution in [3.05, 3.63) is 0 Å². The number of carboxylic acids is 1. The van der Waals surface area contributed by atoms with Crippen LogP contribution < -0.4 is 0 Å². The molecule has 4 heteroatoms. The second kappa shape index (κ2) is 5.19. The van der Waals surface area contributed by atoms with Gasteiger partial charge < -0.3 is 14.9 Å². The molecule has 0 aliphatic heterocycles. The number of ether oxygens (including phenoxy) is 1. The summed E-state index contributed by atoms with van der Waals surface area (Å²) in [6.07, 6.45) is 0.403. The third-order valence-corrected chi connectivity index (χ3v) is 2.27. The van der Waals surface area contributed by atoms with E-state index >= 15 is 0 Å². The van der Waals surface area contributed by atoms with Gasteiger partial charge in [0.1, 0.15) is 0 Å². The maximum atomic E-state index is 11.0. The van der Waals surface area contributed by atoms with E-state index in [0.717, 1.165) is 0 Å². The summed E-state index contributed by atoms with van der Waals surface area (Å²) in [4.78, 5) is 11.0. The minimum atomic E-state index is -1.15. The SMILES string of the molecule is CCC(OCCO)(C(=O)O)C(C)C. The van der Waals surface area contributed by atoms with Crippen LogP contribution in [0.4, 0.5) is 0 Å². The first-order valence-electron chi connectivity index (χ1n) is 4.49. The summed E-state index contributed by atoms with van der Waals surface area (Å²) in [6.45, 7) is 5.29. The molecule has 2 N–H and O–H groups in total.